The Kier molecular flexibility index (Phi) is 6.74. The third kappa shape index (κ3) is 5.75. The topological polar surface area (TPSA) is 88.1 Å². The summed E-state index contributed by atoms with van der Waals surface area (Å²) in [5.41, 5.74) is -0.542. The highest BCUT2D eigenvalue weighted by Gasteiger charge is 2.42. The van der Waals surface area contributed by atoms with E-state index in [1.54, 1.807) is 11.8 Å². The van der Waals surface area contributed by atoms with E-state index in [4.69, 9.17) is 14.6 Å². The SMILES string of the molecule is CCCOCCCNC(=O)N1CC(C)(OCC(=O)O)C1. The number of nitrogens with zero attached hydrogens (tertiary/aromatic N) is 1. The van der Waals surface area contributed by atoms with Crippen LogP contribution >= 0.6 is 0 Å². The van der Waals surface area contributed by atoms with Gasteiger partial charge >= 0.3 is 12.0 Å². The highest BCUT2D eigenvalue weighted by Crippen LogP contribution is 2.24. The molecule has 1 aliphatic rings. The number of hydrogen-bond acceptors (Lipinski definition) is 4. The molecule has 1 saturated heterocycles. The summed E-state index contributed by atoms with van der Waals surface area (Å²) in [6.45, 7) is 6.32. The number of rotatable bonds is 9. The van der Waals surface area contributed by atoms with Gasteiger partial charge in [0.1, 0.15) is 12.2 Å². The molecule has 116 valence electrons. The van der Waals surface area contributed by atoms with Crippen molar-refractivity contribution in [2.45, 2.75) is 32.3 Å². The Morgan fingerprint density at radius 3 is 2.65 bits per heavy atom. The number of aliphatic carboxylic acids is 1. The first kappa shape index (κ1) is 16.7. The summed E-state index contributed by atoms with van der Waals surface area (Å²) in [5, 5.41) is 11.3. The molecule has 1 rings (SSSR count). The minimum atomic E-state index is -0.999. The zero-order valence-electron chi connectivity index (χ0n) is 12.2. The third-order valence-electron chi connectivity index (χ3n) is 2.97. The average molecular weight is 288 g/mol. The molecule has 0 aromatic rings. The molecule has 0 radical (unpaired) electrons. The fraction of sp³-hybridized carbons (Fsp3) is 0.846. The van der Waals surface area contributed by atoms with Gasteiger partial charge in [0, 0.05) is 19.8 Å². The first-order chi connectivity index (χ1) is 9.47. The molecule has 7 heteroatoms. The number of hydrogen-bond donors (Lipinski definition) is 2. The van der Waals surface area contributed by atoms with E-state index < -0.39 is 11.6 Å². The van der Waals surface area contributed by atoms with Crippen LogP contribution in [0.3, 0.4) is 0 Å². The fourth-order valence-corrected chi connectivity index (χ4v) is 1.96. The molecule has 20 heavy (non-hydrogen) atoms. The van der Waals surface area contributed by atoms with Crippen molar-refractivity contribution in [3.63, 3.8) is 0 Å². The maximum Gasteiger partial charge on any atom is 0.329 e. The summed E-state index contributed by atoms with van der Waals surface area (Å²) in [7, 11) is 0. The molecule has 7 nitrogen and oxygen atoms in total. The normalized spacial score (nSPS) is 16.6. The molecule has 0 bridgehead atoms. The van der Waals surface area contributed by atoms with Crippen molar-refractivity contribution in [1.82, 2.24) is 10.2 Å². The number of carboxylic acid groups (broad SMARTS) is 1. The van der Waals surface area contributed by atoms with Gasteiger partial charge in [-0.3, -0.25) is 0 Å². The molecule has 0 atom stereocenters. The number of urea groups is 1. The summed E-state index contributed by atoms with van der Waals surface area (Å²) in [6, 6.07) is -0.142. The smallest absolute Gasteiger partial charge is 0.329 e. The summed E-state index contributed by atoms with van der Waals surface area (Å²) in [4.78, 5) is 23.8. The van der Waals surface area contributed by atoms with E-state index in [9.17, 15) is 9.59 Å². The van der Waals surface area contributed by atoms with Crippen molar-refractivity contribution in [1.29, 1.82) is 0 Å². The quantitative estimate of drug-likeness (QED) is 0.609. The first-order valence-corrected chi connectivity index (χ1v) is 6.93. The number of carbonyl (C=O) groups excluding carboxylic acids is 1. The maximum atomic E-state index is 11.7. The number of nitrogens with one attached hydrogen (secondary N) is 1. The summed E-state index contributed by atoms with van der Waals surface area (Å²) >= 11 is 0. The van der Waals surface area contributed by atoms with Crippen LogP contribution in [0.25, 0.3) is 0 Å². The van der Waals surface area contributed by atoms with Gasteiger partial charge in [0.25, 0.3) is 0 Å². The summed E-state index contributed by atoms with van der Waals surface area (Å²) in [6.07, 6.45) is 1.78. The molecule has 1 heterocycles. The molecule has 0 aromatic carbocycles. The van der Waals surface area contributed by atoms with Crippen LogP contribution in [0.5, 0.6) is 0 Å². The van der Waals surface area contributed by atoms with Crippen LogP contribution < -0.4 is 5.32 Å². The fourth-order valence-electron chi connectivity index (χ4n) is 1.96. The number of amides is 2. The van der Waals surface area contributed by atoms with Crippen LogP contribution in [-0.2, 0) is 14.3 Å². The van der Waals surface area contributed by atoms with Gasteiger partial charge < -0.3 is 24.8 Å². The standard InChI is InChI=1S/C13H24N2O5/c1-3-6-19-7-4-5-14-12(18)15-9-13(2,10-15)20-8-11(16)17/h3-10H2,1-2H3,(H,14,18)(H,16,17). The molecular weight excluding hydrogens is 264 g/mol. The molecule has 2 amide bonds. The Hall–Kier alpha value is -1.34. The van der Waals surface area contributed by atoms with E-state index in [1.165, 1.54) is 0 Å². The number of likely N-dealkylation sites (tertiary alicyclic amines) is 1. The lowest BCUT2D eigenvalue weighted by molar-refractivity contribution is -0.159. The van der Waals surface area contributed by atoms with E-state index in [0.29, 0.717) is 26.2 Å². The largest absolute Gasteiger partial charge is 0.480 e. The lowest BCUT2D eigenvalue weighted by atomic mass is 9.97. The lowest BCUT2D eigenvalue weighted by Crippen LogP contribution is -2.65. The van der Waals surface area contributed by atoms with Crippen molar-refractivity contribution >= 4 is 12.0 Å². The van der Waals surface area contributed by atoms with Crippen LogP contribution in [0.2, 0.25) is 0 Å². The molecule has 1 fully saturated rings. The minimum absolute atomic E-state index is 0.142. The predicted octanol–water partition coefficient (Wildman–Crippen LogP) is 0.688. The van der Waals surface area contributed by atoms with Crippen LogP contribution in [0.1, 0.15) is 26.7 Å². The van der Waals surface area contributed by atoms with E-state index in [0.717, 1.165) is 19.4 Å². The highest BCUT2D eigenvalue weighted by atomic mass is 16.5. The van der Waals surface area contributed by atoms with Crippen LogP contribution in [0.4, 0.5) is 4.79 Å². The van der Waals surface area contributed by atoms with Crippen molar-refractivity contribution in [2.24, 2.45) is 0 Å². The summed E-state index contributed by atoms with van der Waals surface area (Å²) < 4.78 is 10.5. The zero-order chi connectivity index (χ0) is 15.0. The second kappa shape index (κ2) is 8.06. The highest BCUT2D eigenvalue weighted by molar-refractivity contribution is 5.75. The molecule has 2 N–H and O–H groups in total. The van der Waals surface area contributed by atoms with Gasteiger partial charge in [0.2, 0.25) is 0 Å². The second-order valence-corrected chi connectivity index (χ2v) is 5.19. The van der Waals surface area contributed by atoms with Gasteiger partial charge in [-0.05, 0) is 19.8 Å². The van der Waals surface area contributed by atoms with Crippen molar-refractivity contribution in [3.8, 4) is 0 Å². The third-order valence-corrected chi connectivity index (χ3v) is 2.97. The Labute approximate surface area is 119 Å². The van der Waals surface area contributed by atoms with Gasteiger partial charge in [-0.25, -0.2) is 9.59 Å². The molecule has 0 aromatic heterocycles. The van der Waals surface area contributed by atoms with Gasteiger partial charge in [-0.15, -0.1) is 0 Å². The van der Waals surface area contributed by atoms with Crippen molar-refractivity contribution < 1.29 is 24.2 Å². The van der Waals surface area contributed by atoms with Gasteiger partial charge in [0.05, 0.1) is 13.1 Å². The van der Waals surface area contributed by atoms with E-state index in [2.05, 4.69) is 12.2 Å². The Bertz CT molecular complexity index is 329. The van der Waals surface area contributed by atoms with Crippen LogP contribution in [0, 0.1) is 0 Å². The molecule has 0 unspecified atom stereocenters. The molecular formula is C13H24N2O5. The Morgan fingerprint density at radius 1 is 1.35 bits per heavy atom. The molecule has 1 aliphatic heterocycles. The number of carbonyl (C=O) groups is 2. The molecule has 0 aliphatic carbocycles. The number of carboxylic acids is 1. The Balaban J connectivity index is 2.07. The Morgan fingerprint density at radius 2 is 2.05 bits per heavy atom. The second-order valence-electron chi connectivity index (χ2n) is 5.19. The molecule has 0 saturated carbocycles. The maximum absolute atomic E-state index is 11.7. The van der Waals surface area contributed by atoms with Gasteiger partial charge in [-0.1, -0.05) is 6.92 Å². The monoisotopic (exact) mass is 288 g/mol. The van der Waals surface area contributed by atoms with Crippen molar-refractivity contribution in [3.05, 3.63) is 0 Å². The van der Waals surface area contributed by atoms with E-state index in [1.807, 2.05) is 0 Å². The van der Waals surface area contributed by atoms with E-state index in [-0.39, 0.29) is 12.6 Å². The van der Waals surface area contributed by atoms with Crippen LogP contribution in [-0.4, -0.2) is 67.1 Å². The molecule has 0 spiro atoms. The van der Waals surface area contributed by atoms with Crippen LogP contribution in [0.15, 0.2) is 0 Å². The van der Waals surface area contributed by atoms with Crippen molar-refractivity contribution in [2.75, 3.05) is 39.5 Å². The lowest BCUT2D eigenvalue weighted by Gasteiger charge is -2.46. The first-order valence-electron chi connectivity index (χ1n) is 6.93. The van der Waals surface area contributed by atoms with Gasteiger partial charge in [-0.2, -0.15) is 0 Å². The summed E-state index contributed by atoms with van der Waals surface area (Å²) in [5.74, 6) is -0.999. The van der Waals surface area contributed by atoms with E-state index >= 15 is 0 Å². The predicted molar refractivity (Wildman–Crippen MR) is 72.7 cm³/mol. The number of ether oxygens (including phenoxy) is 2. The van der Waals surface area contributed by atoms with Gasteiger partial charge in [0.15, 0.2) is 0 Å². The minimum Gasteiger partial charge on any atom is -0.480 e. The zero-order valence-corrected chi connectivity index (χ0v) is 12.2. The average Bonchev–Trinajstić information content (AvgIpc) is 2.37.